The molecule has 0 unspecified atom stereocenters. The Labute approximate surface area is 182 Å². The molecule has 1 N–H and O–H groups in total. The molecular weight excluding hydrogens is 473 g/mol. The van der Waals surface area contributed by atoms with Gasteiger partial charge in [-0.1, -0.05) is 23.5 Å². The van der Waals surface area contributed by atoms with E-state index < -0.39 is 5.95 Å². The lowest BCUT2D eigenvalue weighted by atomic mass is 10.1. The van der Waals surface area contributed by atoms with Crippen LogP contribution in [-0.2, 0) is 11.4 Å². The number of nitrogens with zero attached hydrogens (tertiary/aromatic N) is 4. The van der Waals surface area contributed by atoms with E-state index in [1.807, 2.05) is 24.3 Å². The number of ether oxygens (including phenoxy) is 1. The van der Waals surface area contributed by atoms with Crippen molar-refractivity contribution >= 4 is 38.3 Å². The number of hydrogen-bond donors (Lipinski definition) is 1. The average Bonchev–Trinajstić information content (AvgIpc) is 3.29. The van der Waals surface area contributed by atoms with Crippen LogP contribution in [0.1, 0.15) is 12.6 Å². The monoisotopic (exact) mass is 485 g/mol. The molecule has 150 valence electrons. The van der Waals surface area contributed by atoms with Crippen LogP contribution in [0.2, 0.25) is 0 Å². The van der Waals surface area contributed by atoms with Crippen LogP contribution in [-0.4, -0.2) is 25.7 Å². The Balaban J connectivity index is 1.76. The molecule has 30 heavy (non-hydrogen) atoms. The number of fused-ring (bicyclic) bond motifs is 3. The fourth-order valence-electron chi connectivity index (χ4n) is 3.22. The zero-order chi connectivity index (χ0) is 20.8. The zero-order valence-electron chi connectivity index (χ0n) is 15.5. The van der Waals surface area contributed by atoms with Crippen LogP contribution in [0.4, 0.5) is 9.52 Å². The third kappa shape index (κ3) is 3.17. The summed E-state index contributed by atoms with van der Waals surface area (Å²) >= 11 is 4.94. The molecule has 1 aromatic carbocycles. The molecule has 0 saturated carbocycles. The van der Waals surface area contributed by atoms with E-state index >= 15 is 0 Å². The van der Waals surface area contributed by atoms with Gasteiger partial charge in [0.15, 0.2) is 10.9 Å². The van der Waals surface area contributed by atoms with E-state index in [1.165, 1.54) is 30.5 Å². The highest BCUT2D eigenvalue weighted by Gasteiger charge is 2.32. The summed E-state index contributed by atoms with van der Waals surface area (Å²) in [7, 11) is 0. The molecule has 1 amide bonds. The number of halogens is 2. The number of hydrogen-bond acceptors (Lipinski definition) is 6. The highest BCUT2D eigenvalue weighted by Crippen LogP contribution is 2.48. The lowest BCUT2D eigenvalue weighted by molar-refractivity contribution is -0.114. The third-order valence-electron chi connectivity index (χ3n) is 4.47. The number of pyridine rings is 1. The molecule has 0 spiro atoms. The number of amides is 1. The minimum Gasteiger partial charge on any atom is -0.483 e. The Morgan fingerprint density at radius 2 is 2.13 bits per heavy atom. The Bertz CT molecular complexity index is 1290. The number of para-hydroxylation sites is 1. The summed E-state index contributed by atoms with van der Waals surface area (Å²) in [4.78, 5) is 20.6. The van der Waals surface area contributed by atoms with Gasteiger partial charge in [0.1, 0.15) is 23.7 Å². The van der Waals surface area contributed by atoms with Crippen molar-refractivity contribution in [2.75, 3.05) is 5.32 Å². The second-order valence-corrected chi connectivity index (χ2v) is 8.38. The summed E-state index contributed by atoms with van der Waals surface area (Å²) in [5, 5.41) is 8.01. The van der Waals surface area contributed by atoms with Gasteiger partial charge in [0.25, 0.3) is 0 Å². The highest BCUT2D eigenvalue weighted by atomic mass is 79.9. The minimum atomic E-state index is -0.566. The summed E-state index contributed by atoms with van der Waals surface area (Å²) in [5.41, 5.74) is 3.42. The van der Waals surface area contributed by atoms with Gasteiger partial charge in [-0.15, -0.1) is 0 Å². The molecule has 1 aliphatic heterocycles. The molecule has 0 aliphatic carbocycles. The Hall–Kier alpha value is -3.11. The molecule has 10 heteroatoms. The van der Waals surface area contributed by atoms with Crippen LogP contribution in [0.15, 0.2) is 47.1 Å². The van der Waals surface area contributed by atoms with E-state index in [0.29, 0.717) is 27.8 Å². The number of benzene rings is 1. The Morgan fingerprint density at radius 1 is 1.30 bits per heavy atom. The maximum atomic E-state index is 13.4. The third-order valence-corrected chi connectivity index (χ3v) is 6.16. The first kappa shape index (κ1) is 18.9. The van der Waals surface area contributed by atoms with E-state index in [2.05, 4.69) is 31.2 Å². The zero-order valence-corrected chi connectivity index (χ0v) is 17.9. The van der Waals surface area contributed by atoms with E-state index in [1.54, 1.807) is 10.7 Å². The van der Waals surface area contributed by atoms with Crippen molar-refractivity contribution in [3.05, 3.63) is 58.7 Å². The molecule has 0 radical (unpaired) electrons. The molecule has 0 atom stereocenters. The van der Waals surface area contributed by atoms with Gasteiger partial charge in [0.2, 0.25) is 11.9 Å². The molecule has 0 fully saturated rings. The highest BCUT2D eigenvalue weighted by molar-refractivity contribution is 9.10. The van der Waals surface area contributed by atoms with Crippen LogP contribution >= 0.6 is 27.3 Å². The smallest absolute Gasteiger partial charge is 0.223 e. The largest absolute Gasteiger partial charge is 0.483 e. The van der Waals surface area contributed by atoms with Crippen molar-refractivity contribution in [1.82, 2.24) is 19.7 Å². The predicted molar refractivity (Wildman–Crippen MR) is 114 cm³/mol. The van der Waals surface area contributed by atoms with E-state index in [4.69, 9.17) is 9.84 Å². The Morgan fingerprint density at radius 3 is 2.87 bits per heavy atom. The van der Waals surface area contributed by atoms with Crippen LogP contribution in [0.25, 0.3) is 27.5 Å². The maximum absolute atomic E-state index is 13.4. The number of rotatable bonds is 3. The SMILES string of the molecule is CC(=O)Nc1nc2c(s1)-c1c(c(-c3ccc(F)nc3)nn1-c1ccccc1Br)OC2. The van der Waals surface area contributed by atoms with Gasteiger partial charge in [0, 0.05) is 23.2 Å². The summed E-state index contributed by atoms with van der Waals surface area (Å²) in [5.74, 6) is -0.201. The van der Waals surface area contributed by atoms with E-state index in [0.717, 1.165) is 20.7 Å². The summed E-state index contributed by atoms with van der Waals surface area (Å²) in [6, 6.07) is 10.6. The summed E-state index contributed by atoms with van der Waals surface area (Å²) in [6.45, 7) is 1.68. The molecule has 0 saturated heterocycles. The lowest BCUT2D eigenvalue weighted by Crippen LogP contribution is -2.08. The average molecular weight is 486 g/mol. The molecule has 7 nitrogen and oxygen atoms in total. The van der Waals surface area contributed by atoms with Gasteiger partial charge in [-0.25, -0.2) is 14.6 Å². The van der Waals surface area contributed by atoms with E-state index in [-0.39, 0.29) is 12.5 Å². The second-order valence-electron chi connectivity index (χ2n) is 6.52. The van der Waals surface area contributed by atoms with Crippen molar-refractivity contribution in [2.45, 2.75) is 13.5 Å². The summed E-state index contributed by atoms with van der Waals surface area (Å²) in [6.07, 6.45) is 1.43. The van der Waals surface area contributed by atoms with Crippen LogP contribution in [0.3, 0.4) is 0 Å². The molecule has 4 heterocycles. The fourth-order valence-corrected chi connectivity index (χ4v) is 4.72. The molecule has 3 aromatic heterocycles. The maximum Gasteiger partial charge on any atom is 0.223 e. The normalized spacial score (nSPS) is 12.1. The number of anilines is 1. The lowest BCUT2D eigenvalue weighted by Gasteiger charge is -2.15. The first-order valence-corrected chi connectivity index (χ1v) is 10.5. The second kappa shape index (κ2) is 7.29. The van der Waals surface area contributed by atoms with Gasteiger partial charge in [0.05, 0.1) is 10.6 Å². The number of carbonyl (C=O) groups excluding carboxylic acids is 1. The first-order valence-electron chi connectivity index (χ1n) is 8.91. The molecule has 1 aliphatic rings. The fraction of sp³-hybridized carbons (Fsp3) is 0.100. The van der Waals surface area contributed by atoms with Crippen LogP contribution < -0.4 is 10.1 Å². The van der Waals surface area contributed by atoms with Crippen molar-refractivity contribution < 1.29 is 13.9 Å². The molecule has 4 aromatic rings. The molecule has 5 rings (SSSR count). The van der Waals surface area contributed by atoms with Crippen LogP contribution in [0.5, 0.6) is 5.75 Å². The van der Waals surface area contributed by atoms with Crippen molar-refractivity contribution in [3.63, 3.8) is 0 Å². The summed E-state index contributed by atoms with van der Waals surface area (Å²) < 4.78 is 22.0. The first-order chi connectivity index (χ1) is 14.5. The Kier molecular flexibility index (Phi) is 4.59. The number of carbonyl (C=O) groups is 1. The quantitative estimate of drug-likeness (QED) is 0.421. The predicted octanol–water partition coefficient (Wildman–Crippen LogP) is 4.81. The van der Waals surface area contributed by atoms with E-state index in [9.17, 15) is 9.18 Å². The van der Waals surface area contributed by atoms with Gasteiger partial charge >= 0.3 is 0 Å². The van der Waals surface area contributed by atoms with Gasteiger partial charge in [-0.3, -0.25) is 4.79 Å². The van der Waals surface area contributed by atoms with Gasteiger partial charge < -0.3 is 10.1 Å². The van der Waals surface area contributed by atoms with Crippen LogP contribution in [0, 0.1) is 5.95 Å². The number of aromatic nitrogens is 4. The van der Waals surface area contributed by atoms with Gasteiger partial charge in [-0.05, 0) is 40.2 Å². The number of nitrogens with one attached hydrogen (secondary N) is 1. The topological polar surface area (TPSA) is 81.9 Å². The molecule has 0 bridgehead atoms. The standard InChI is InChI=1S/C20H13BrFN5O2S/c1-10(28)24-20-25-13-9-29-18-16(11-6-7-15(22)23-8-11)26-27(17(18)19(13)30-20)14-5-3-2-4-12(14)21/h2-8H,9H2,1H3,(H,24,25,28). The van der Waals surface area contributed by atoms with Crippen molar-refractivity contribution in [1.29, 1.82) is 0 Å². The van der Waals surface area contributed by atoms with Crippen molar-refractivity contribution in [3.8, 4) is 33.3 Å². The van der Waals surface area contributed by atoms with Gasteiger partial charge in [-0.2, -0.15) is 9.49 Å². The minimum absolute atomic E-state index is 0.195. The van der Waals surface area contributed by atoms with Crippen molar-refractivity contribution in [2.24, 2.45) is 0 Å². The molecular formula is C20H13BrFN5O2S. The number of thiazole rings is 1.